The van der Waals surface area contributed by atoms with Crippen molar-refractivity contribution in [3.8, 4) is 24.7 Å². The Balaban J connectivity index is 2.11. The Hall–Kier alpha value is -1.01. The molecule has 0 bridgehead atoms. The predicted molar refractivity (Wildman–Crippen MR) is 80.4 cm³/mol. The lowest BCUT2D eigenvalue weighted by atomic mass is 9.86. The summed E-state index contributed by atoms with van der Waals surface area (Å²) in [5.74, 6) is 5.02. The van der Waals surface area contributed by atoms with E-state index in [1.54, 1.807) is 0 Å². The van der Waals surface area contributed by atoms with Crippen LogP contribution in [0, 0.1) is 24.7 Å². The molecule has 2 aliphatic rings. The minimum absolute atomic E-state index is 0.537. The molecule has 0 unspecified atom stereocenters. The van der Waals surface area contributed by atoms with Gasteiger partial charge in [0, 0.05) is 0 Å². The van der Waals surface area contributed by atoms with Crippen LogP contribution in [-0.2, 0) is 18.8 Å². The lowest BCUT2D eigenvalue weighted by Crippen LogP contribution is -2.41. The van der Waals surface area contributed by atoms with Gasteiger partial charge in [-0.1, -0.05) is 24.7 Å². The molecule has 0 aliphatic heterocycles. The van der Waals surface area contributed by atoms with Crippen molar-refractivity contribution in [1.82, 2.24) is 0 Å². The van der Waals surface area contributed by atoms with Crippen LogP contribution in [0.2, 0.25) is 0 Å². The van der Waals surface area contributed by atoms with Crippen LogP contribution in [0.15, 0.2) is 0 Å². The summed E-state index contributed by atoms with van der Waals surface area (Å²) in [5, 5.41) is 0. The third-order valence-electron chi connectivity index (χ3n) is 4.37. The van der Waals surface area contributed by atoms with Crippen LogP contribution < -0.4 is 0 Å². The Morgan fingerprint density at radius 1 is 0.714 bits per heavy atom. The molecule has 2 fully saturated rings. The minimum Gasteiger partial charge on any atom is -0.228 e. The molecule has 2 rings (SSSR count). The molecule has 2 saturated carbocycles. The first-order chi connectivity index (χ1) is 9.95. The molecule has 0 heterocycles. The summed E-state index contributed by atoms with van der Waals surface area (Å²) < 4.78 is 35.0. The maximum atomic E-state index is 12.3. The monoisotopic (exact) mass is 310 g/mol. The van der Waals surface area contributed by atoms with Crippen molar-refractivity contribution in [2.75, 3.05) is 0 Å². The van der Waals surface area contributed by atoms with E-state index in [4.69, 9.17) is 21.2 Å². The predicted octanol–water partition coefficient (Wildman–Crippen LogP) is 2.94. The first kappa shape index (κ1) is 16.4. The van der Waals surface area contributed by atoms with Gasteiger partial charge in [-0.15, -0.1) is 12.8 Å². The van der Waals surface area contributed by atoms with E-state index < -0.39 is 21.6 Å². The molecule has 0 spiro atoms. The summed E-state index contributed by atoms with van der Waals surface area (Å²) >= 11 is 0. The van der Waals surface area contributed by atoms with Gasteiger partial charge in [0.15, 0.2) is 0 Å². The van der Waals surface area contributed by atoms with E-state index in [0.717, 1.165) is 38.5 Å². The van der Waals surface area contributed by atoms with Crippen molar-refractivity contribution in [2.45, 2.75) is 75.4 Å². The quantitative estimate of drug-likeness (QED) is 0.749. The first-order valence-electron chi connectivity index (χ1n) is 7.57. The zero-order chi connectivity index (χ0) is 15.4. The van der Waals surface area contributed by atoms with E-state index in [1.165, 1.54) is 0 Å². The van der Waals surface area contributed by atoms with Crippen molar-refractivity contribution in [1.29, 1.82) is 0 Å². The molecule has 0 aromatic heterocycles. The molecule has 2 aliphatic carbocycles. The molecule has 5 heteroatoms. The highest BCUT2D eigenvalue weighted by Gasteiger charge is 2.42. The second-order valence-electron chi connectivity index (χ2n) is 5.97. The number of hydrogen-bond acceptors (Lipinski definition) is 4. The fourth-order valence-corrected chi connectivity index (χ4v) is 4.40. The second-order valence-corrected chi connectivity index (χ2v) is 7.12. The summed E-state index contributed by atoms with van der Waals surface area (Å²) in [6.07, 6.45) is 18.7. The molecule has 116 valence electrons. The van der Waals surface area contributed by atoms with Crippen LogP contribution in [0.4, 0.5) is 0 Å². The van der Waals surface area contributed by atoms with Crippen LogP contribution in [0.3, 0.4) is 0 Å². The maximum absolute atomic E-state index is 12.3. The van der Waals surface area contributed by atoms with Gasteiger partial charge in [0.2, 0.25) is 0 Å². The first-order valence-corrected chi connectivity index (χ1v) is 8.90. The molecule has 4 nitrogen and oxygen atoms in total. The summed E-state index contributed by atoms with van der Waals surface area (Å²) in [5.41, 5.74) is -2.14. The molecule has 0 aromatic carbocycles. The van der Waals surface area contributed by atoms with Gasteiger partial charge in [0.1, 0.15) is 11.2 Å². The summed E-state index contributed by atoms with van der Waals surface area (Å²) in [6, 6.07) is 0. The topological polar surface area (TPSA) is 52.6 Å². The maximum Gasteiger partial charge on any atom is 0.402 e. The zero-order valence-corrected chi connectivity index (χ0v) is 13.1. The molecular weight excluding hydrogens is 288 g/mol. The van der Waals surface area contributed by atoms with Gasteiger partial charge < -0.3 is 0 Å². The van der Waals surface area contributed by atoms with Crippen molar-refractivity contribution in [3.63, 3.8) is 0 Å². The Kier molecular flexibility index (Phi) is 4.99. The van der Waals surface area contributed by atoms with Crippen LogP contribution in [0.5, 0.6) is 0 Å². The van der Waals surface area contributed by atoms with Crippen molar-refractivity contribution < 1.29 is 16.8 Å². The summed E-state index contributed by atoms with van der Waals surface area (Å²) in [6.45, 7) is 0. The average Bonchev–Trinajstić information content (AvgIpc) is 2.48. The van der Waals surface area contributed by atoms with E-state index >= 15 is 0 Å². The normalized spacial score (nSPS) is 24.7. The highest BCUT2D eigenvalue weighted by molar-refractivity contribution is 7.82. The van der Waals surface area contributed by atoms with Gasteiger partial charge in [0.05, 0.1) is 0 Å². The highest BCUT2D eigenvalue weighted by Crippen LogP contribution is 2.36. The molecular formula is C16H22O4S. The highest BCUT2D eigenvalue weighted by atomic mass is 32.3. The number of rotatable bonds is 4. The molecule has 0 N–H and O–H groups in total. The molecule has 0 aromatic rings. The van der Waals surface area contributed by atoms with E-state index in [0.29, 0.717) is 25.7 Å². The van der Waals surface area contributed by atoms with E-state index in [9.17, 15) is 8.42 Å². The second kappa shape index (κ2) is 6.40. The van der Waals surface area contributed by atoms with Crippen LogP contribution in [-0.4, -0.2) is 19.6 Å². The van der Waals surface area contributed by atoms with Gasteiger partial charge >= 0.3 is 10.4 Å². The fraction of sp³-hybridized carbons (Fsp3) is 0.750. The van der Waals surface area contributed by atoms with E-state index in [2.05, 4.69) is 11.8 Å². The van der Waals surface area contributed by atoms with Crippen molar-refractivity contribution in [2.24, 2.45) is 0 Å². The van der Waals surface area contributed by atoms with Crippen molar-refractivity contribution in [3.05, 3.63) is 0 Å². The van der Waals surface area contributed by atoms with Gasteiger partial charge in [-0.3, -0.25) is 0 Å². The van der Waals surface area contributed by atoms with Gasteiger partial charge in [-0.2, -0.15) is 8.42 Å². The summed E-state index contributed by atoms with van der Waals surface area (Å²) in [4.78, 5) is 0. The van der Waals surface area contributed by atoms with Crippen LogP contribution >= 0.6 is 0 Å². The van der Waals surface area contributed by atoms with Gasteiger partial charge in [-0.25, -0.2) is 8.37 Å². The van der Waals surface area contributed by atoms with E-state index in [-0.39, 0.29) is 0 Å². The Morgan fingerprint density at radius 2 is 1.05 bits per heavy atom. The van der Waals surface area contributed by atoms with E-state index in [1.807, 2.05) is 0 Å². The van der Waals surface area contributed by atoms with Crippen LogP contribution in [0.25, 0.3) is 0 Å². The third-order valence-corrected chi connectivity index (χ3v) is 5.42. The molecule has 0 saturated heterocycles. The summed E-state index contributed by atoms with van der Waals surface area (Å²) in [7, 11) is -4.21. The zero-order valence-electron chi connectivity index (χ0n) is 12.3. The molecule has 21 heavy (non-hydrogen) atoms. The Bertz CT molecular complexity index is 494. The lowest BCUT2D eigenvalue weighted by Gasteiger charge is -2.35. The largest absolute Gasteiger partial charge is 0.402 e. The SMILES string of the molecule is C#CC1(OS(=O)(=O)OC2(C#C)CCCCC2)CCCCC1. The fourth-order valence-electron chi connectivity index (χ4n) is 3.16. The Labute approximate surface area is 127 Å². The Morgan fingerprint density at radius 3 is 1.33 bits per heavy atom. The van der Waals surface area contributed by atoms with Gasteiger partial charge in [0.25, 0.3) is 0 Å². The van der Waals surface area contributed by atoms with Crippen LogP contribution in [0.1, 0.15) is 64.2 Å². The third kappa shape index (κ3) is 4.01. The molecule has 0 atom stereocenters. The smallest absolute Gasteiger partial charge is 0.228 e. The van der Waals surface area contributed by atoms with Gasteiger partial charge in [-0.05, 0) is 51.4 Å². The molecule has 0 amide bonds. The standard InChI is InChI=1S/C16H22O4S/c1-3-15(11-7-5-8-12-15)19-21(17,18)20-16(4-2)13-9-6-10-14-16/h1-2H,5-14H2. The minimum atomic E-state index is -4.21. The van der Waals surface area contributed by atoms with Crippen molar-refractivity contribution >= 4 is 10.4 Å². The number of terminal acetylenes is 2. The molecule has 0 radical (unpaired) electrons. The lowest BCUT2D eigenvalue weighted by molar-refractivity contribution is 0.0276. The number of hydrogen-bond donors (Lipinski definition) is 0. The average molecular weight is 310 g/mol.